The third-order valence-electron chi connectivity index (χ3n) is 5.43. The molecule has 0 radical (unpaired) electrons. The number of nitrogens with zero attached hydrogens (tertiary/aromatic N) is 2. The number of rotatable bonds is 5. The van der Waals surface area contributed by atoms with E-state index in [4.69, 9.17) is 9.72 Å². The third-order valence-corrected chi connectivity index (χ3v) is 5.43. The number of benzene rings is 2. The molecule has 1 saturated heterocycles. The Balaban J connectivity index is 1.42. The van der Waals surface area contributed by atoms with Gasteiger partial charge in [0.25, 0.3) is 0 Å². The molecule has 0 unspecified atom stereocenters. The van der Waals surface area contributed by atoms with Crippen LogP contribution in [0.15, 0.2) is 42.5 Å². The summed E-state index contributed by atoms with van der Waals surface area (Å²) in [6, 6.07) is 14.0. The van der Waals surface area contributed by atoms with Crippen LogP contribution in [0.2, 0.25) is 0 Å². The summed E-state index contributed by atoms with van der Waals surface area (Å²) in [5, 5.41) is 3.06. The highest BCUT2D eigenvalue weighted by molar-refractivity contribution is 5.79. The number of ether oxygens (including phenoxy) is 1. The van der Waals surface area contributed by atoms with E-state index in [1.165, 1.54) is 0 Å². The largest absolute Gasteiger partial charge is 0.496 e. The Kier molecular flexibility index (Phi) is 5.19. The maximum Gasteiger partial charge on any atom is 0.318 e. The van der Waals surface area contributed by atoms with E-state index in [1.807, 2.05) is 41.3 Å². The standard InChI is InChI=1S/C22H26N4O2/c1-15-7-5-9-17-20(15)25-21(24-17)18-10-6-14-26(18)22(27)23-13-12-16-8-3-4-11-19(16)28-2/h3-5,7-9,11,18H,6,10,12-14H2,1-2H3,(H,23,27)(H,24,25)/t18-/m1/s1. The number of fused-ring (bicyclic) bond motifs is 1. The van der Waals surface area contributed by atoms with Gasteiger partial charge >= 0.3 is 6.03 Å². The summed E-state index contributed by atoms with van der Waals surface area (Å²) >= 11 is 0. The molecule has 1 aromatic heterocycles. The second kappa shape index (κ2) is 7.92. The van der Waals surface area contributed by atoms with E-state index in [-0.39, 0.29) is 12.1 Å². The fourth-order valence-electron chi connectivity index (χ4n) is 3.96. The van der Waals surface area contributed by atoms with Crippen molar-refractivity contribution in [3.8, 4) is 5.75 Å². The average Bonchev–Trinajstić information content (AvgIpc) is 3.36. The molecule has 4 rings (SSSR count). The van der Waals surface area contributed by atoms with Crippen molar-refractivity contribution in [3.05, 3.63) is 59.4 Å². The number of aryl methyl sites for hydroxylation is 1. The lowest BCUT2D eigenvalue weighted by Gasteiger charge is -2.23. The Hall–Kier alpha value is -3.02. The van der Waals surface area contributed by atoms with E-state index in [0.29, 0.717) is 6.54 Å². The first kappa shape index (κ1) is 18.3. The highest BCUT2D eigenvalue weighted by Gasteiger charge is 2.32. The van der Waals surface area contributed by atoms with Gasteiger partial charge in [-0.15, -0.1) is 0 Å². The van der Waals surface area contributed by atoms with E-state index in [1.54, 1.807) is 7.11 Å². The van der Waals surface area contributed by atoms with Crippen molar-refractivity contribution in [3.63, 3.8) is 0 Å². The van der Waals surface area contributed by atoms with Crippen LogP contribution in [-0.2, 0) is 6.42 Å². The van der Waals surface area contributed by atoms with Gasteiger partial charge in [-0.1, -0.05) is 30.3 Å². The van der Waals surface area contributed by atoms with Gasteiger partial charge in [-0.3, -0.25) is 0 Å². The van der Waals surface area contributed by atoms with Gasteiger partial charge in [0, 0.05) is 13.1 Å². The highest BCUT2D eigenvalue weighted by Crippen LogP contribution is 2.31. The minimum Gasteiger partial charge on any atom is -0.496 e. The number of hydrogen-bond acceptors (Lipinski definition) is 3. The van der Waals surface area contributed by atoms with Crippen LogP contribution in [-0.4, -0.2) is 41.1 Å². The van der Waals surface area contributed by atoms with Crippen LogP contribution in [0.4, 0.5) is 4.79 Å². The number of aromatic nitrogens is 2. The Morgan fingerprint density at radius 2 is 2.14 bits per heavy atom. The summed E-state index contributed by atoms with van der Waals surface area (Å²) in [6.45, 7) is 3.38. The van der Waals surface area contributed by atoms with Crippen LogP contribution in [0.3, 0.4) is 0 Å². The van der Waals surface area contributed by atoms with E-state index in [0.717, 1.165) is 59.5 Å². The van der Waals surface area contributed by atoms with Gasteiger partial charge in [0.05, 0.1) is 24.2 Å². The number of carbonyl (C=O) groups excluding carboxylic acids is 1. The molecule has 0 saturated carbocycles. The molecule has 0 aliphatic carbocycles. The molecule has 1 aliphatic rings. The topological polar surface area (TPSA) is 70.2 Å². The molecule has 2 heterocycles. The van der Waals surface area contributed by atoms with E-state index in [2.05, 4.69) is 23.3 Å². The molecule has 0 spiro atoms. The van der Waals surface area contributed by atoms with Gasteiger partial charge in [-0.05, 0) is 49.4 Å². The number of carbonyl (C=O) groups is 1. The SMILES string of the molecule is COc1ccccc1CCNC(=O)N1CCC[C@@H]1c1nc2c(C)cccc2[nH]1. The van der Waals surface area contributed by atoms with Crippen LogP contribution in [0.25, 0.3) is 11.0 Å². The molecule has 2 aromatic carbocycles. The van der Waals surface area contributed by atoms with Gasteiger partial charge in [0.2, 0.25) is 0 Å². The summed E-state index contributed by atoms with van der Waals surface area (Å²) in [5.41, 5.74) is 4.25. The number of aromatic amines is 1. The zero-order chi connectivity index (χ0) is 19.5. The van der Waals surface area contributed by atoms with Crippen LogP contribution < -0.4 is 10.1 Å². The number of likely N-dealkylation sites (tertiary alicyclic amines) is 1. The molecule has 146 valence electrons. The van der Waals surface area contributed by atoms with E-state index in [9.17, 15) is 4.79 Å². The van der Waals surface area contributed by atoms with Gasteiger partial charge in [0.15, 0.2) is 0 Å². The van der Waals surface area contributed by atoms with Crippen molar-refractivity contribution in [1.82, 2.24) is 20.2 Å². The Morgan fingerprint density at radius 1 is 1.29 bits per heavy atom. The summed E-state index contributed by atoms with van der Waals surface area (Å²) in [7, 11) is 1.67. The first-order valence-corrected chi connectivity index (χ1v) is 9.79. The van der Waals surface area contributed by atoms with Crippen molar-refractivity contribution in [2.24, 2.45) is 0 Å². The molecule has 3 aromatic rings. The lowest BCUT2D eigenvalue weighted by molar-refractivity contribution is 0.191. The number of H-pyrrole nitrogens is 1. The van der Waals surface area contributed by atoms with Crippen molar-refractivity contribution >= 4 is 17.1 Å². The summed E-state index contributed by atoms with van der Waals surface area (Å²) in [6.07, 6.45) is 2.65. The Labute approximate surface area is 164 Å². The van der Waals surface area contributed by atoms with E-state index < -0.39 is 0 Å². The predicted octanol–water partition coefficient (Wildman–Crippen LogP) is 3.97. The molecular weight excluding hydrogens is 352 g/mol. The predicted molar refractivity (Wildman–Crippen MR) is 110 cm³/mol. The zero-order valence-corrected chi connectivity index (χ0v) is 16.4. The summed E-state index contributed by atoms with van der Waals surface area (Å²) in [5.74, 6) is 1.73. The third kappa shape index (κ3) is 3.54. The van der Waals surface area contributed by atoms with Gasteiger partial charge in [0.1, 0.15) is 11.6 Å². The summed E-state index contributed by atoms with van der Waals surface area (Å²) < 4.78 is 5.38. The number of imidazole rings is 1. The fraction of sp³-hybridized carbons (Fsp3) is 0.364. The van der Waals surface area contributed by atoms with E-state index >= 15 is 0 Å². The maximum absolute atomic E-state index is 12.8. The molecule has 0 bridgehead atoms. The lowest BCUT2D eigenvalue weighted by atomic mass is 10.1. The van der Waals surface area contributed by atoms with Crippen molar-refractivity contribution in [2.75, 3.05) is 20.2 Å². The van der Waals surface area contributed by atoms with Crippen LogP contribution in [0.1, 0.15) is 35.8 Å². The Morgan fingerprint density at radius 3 is 2.96 bits per heavy atom. The number of para-hydroxylation sites is 2. The second-order valence-corrected chi connectivity index (χ2v) is 7.24. The van der Waals surface area contributed by atoms with Crippen molar-refractivity contribution in [1.29, 1.82) is 0 Å². The highest BCUT2D eigenvalue weighted by atomic mass is 16.5. The minimum atomic E-state index is -0.0328. The van der Waals surface area contributed by atoms with Crippen molar-refractivity contribution < 1.29 is 9.53 Å². The first-order chi connectivity index (χ1) is 13.7. The zero-order valence-electron chi connectivity index (χ0n) is 16.4. The monoisotopic (exact) mass is 378 g/mol. The van der Waals surface area contributed by atoms with Crippen LogP contribution in [0.5, 0.6) is 5.75 Å². The summed E-state index contributed by atoms with van der Waals surface area (Å²) in [4.78, 5) is 22.9. The van der Waals surface area contributed by atoms with Gasteiger partial charge in [-0.25, -0.2) is 9.78 Å². The smallest absolute Gasteiger partial charge is 0.318 e. The first-order valence-electron chi connectivity index (χ1n) is 9.79. The van der Waals surface area contributed by atoms with Gasteiger partial charge in [-0.2, -0.15) is 0 Å². The maximum atomic E-state index is 12.8. The minimum absolute atomic E-state index is 0.00180. The van der Waals surface area contributed by atoms with Gasteiger partial charge < -0.3 is 19.9 Å². The average molecular weight is 378 g/mol. The second-order valence-electron chi connectivity index (χ2n) is 7.24. The van der Waals surface area contributed by atoms with Crippen molar-refractivity contribution in [2.45, 2.75) is 32.2 Å². The number of amides is 2. The molecule has 1 aliphatic heterocycles. The quantitative estimate of drug-likeness (QED) is 0.706. The number of hydrogen-bond donors (Lipinski definition) is 2. The Bertz CT molecular complexity index is 982. The van der Waals surface area contributed by atoms with Crippen LogP contribution in [0, 0.1) is 6.92 Å². The normalized spacial score (nSPS) is 16.5. The fourth-order valence-corrected chi connectivity index (χ4v) is 3.96. The number of nitrogens with one attached hydrogen (secondary N) is 2. The number of methoxy groups -OCH3 is 1. The molecule has 6 heteroatoms. The number of urea groups is 1. The molecule has 2 N–H and O–H groups in total. The molecule has 1 fully saturated rings. The molecule has 28 heavy (non-hydrogen) atoms. The molecule has 1 atom stereocenters. The molecule has 6 nitrogen and oxygen atoms in total. The molecular formula is C22H26N4O2. The lowest BCUT2D eigenvalue weighted by Crippen LogP contribution is -2.40. The molecule has 2 amide bonds. The van der Waals surface area contributed by atoms with Crippen LogP contribution >= 0.6 is 0 Å².